The third-order valence-electron chi connectivity index (χ3n) is 3.42. The second-order valence-electron chi connectivity index (χ2n) is 5.30. The predicted octanol–water partition coefficient (Wildman–Crippen LogP) is 3.87. The number of nitro groups is 1. The lowest BCUT2D eigenvalue weighted by Crippen LogP contribution is -2.11. The van der Waals surface area contributed by atoms with Crippen LogP contribution in [0.5, 0.6) is 11.5 Å². The van der Waals surface area contributed by atoms with Crippen LogP contribution in [0.15, 0.2) is 48.5 Å². The summed E-state index contributed by atoms with van der Waals surface area (Å²) in [6.07, 6.45) is 0. The number of thioether (sulfide) groups is 1. The van der Waals surface area contributed by atoms with Gasteiger partial charge in [0.25, 0.3) is 0 Å². The standard InChI is InChI=1S/C18H19NO5S/c1-13(20)25-18(11-19(21)22)15-8-9-16(17(10-15)23-2)24-12-14-6-4-3-5-7-14/h3-10,18H,11-12H2,1-2H3. The Balaban J connectivity index is 2.18. The molecule has 0 radical (unpaired) electrons. The van der Waals surface area contributed by atoms with Crippen LogP contribution in [0.25, 0.3) is 0 Å². The quantitative estimate of drug-likeness (QED) is 0.524. The summed E-state index contributed by atoms with van der Waals surface area (Å²) in [5.74, 6) is 1.02. The van der Waals surface area contributed by atoms with Crippen molar-refractivity contribution in [3.8, 4) is 11.5 Å². The normalized spacial score (nSPS) is 11.6. The minimum Gasteiger partial charge on any atom is -0.493 e. The van der Waals surface area contributed by atoms with Gasteiger partial charge in [0.15, 0.2) is 16.6 Å². The number of hydrogen-bond donors (Lipinski definition) is 0. The molecule has 0 saturated heterocycles. The van der Waals surface area contributed by atoms with Gasteiger partial charge in [0, 0.05) is 11.8 Å². The highest BCUT2D eigenvalue weighted by molar-refractivity contribution is 8.13. The maximum atomic E-state index is 11.4. The summed E-state index contributed by atoms with van der Waals surface area (Å²) < 4.78 is 11.1. The van der Waals surface area contributed by atoms with E-state index in [0.29, 0.717) is 23.7 Å². The number of carbonyl (C=O) groups excluding carboxylic acids is 1. The Morgan fingerprint density at radius 1 is 1.20 bits per heavy atom. The SMILES string of the molecule is COc1cc(C(C[N+](=O)[O-])SC(C)=O)ccc1OCc1ccccc1. The molecule has 0 aliphatic rings. The fraction of sp³-hybridized carbons (Fsp3) is 0.278. The van der Waals surface area contributed by atoms with Crippen molar-refractivity contribution in [1.82, 2.24) is 0 Å². The van der Waals surface area contributed by atoms with Gasteiger partial charge < -0.3 is 9.47 Å². The molecule has 0 fully saturated rings. The number of rotatable bonds is 8. The van der Waals surface area contributed by atoms with E-state index in [1.807, 2.05) is 30.3 Å². The molecular formula is C18H19NO5S. The van der Waals surface area contributed by atoms with Gasteiger partial charge in [-0.05, 0) is 23.3 Å². The van der Waals surface area contributed by atoms with Crippen molar-refractivity contribution < 1.29 is 19.2 Å². The zero-order chi connectivity index (χ0) is 18.2. The molecule has 7 heteroatoms. The van der Waals surface area contributed by atoms with Crippen LogP contribution in [-0.2, 0) is 11.4 Å². The van der Waals surface area contributed by atoms with Gasteiger partial charge in [-0.15, -0.1) is 0 Å². The largest absolute Gasteiger partial charge is 0.493 e. The van der Waals surface area contributed by atoms with E-state index in [2.05, 4.69) is 0 Å². The minimum absolute atomic E-state index is 0.171. The molecule has 1 atom stereocenters. The molecule has 6 nitrogen and oxygen atoms in total. The Bertz CT molecular complexity index is 720. The van der Waals surface area contributed by atoms with Crippen LogP contribution >= 0.6 is 11.8 Å². The fourth-order valence-corrected chi connectivity index (χ4v) is 3.17. The number of methoxy groups -OCH3 is 1. The lowest BCUT2D eigenvalue weighted by Gasteiger charge is -2.15. The van der Waals surface area contributed by atoms with Gasteiger partial charge in [-0.1, -0.05) is 48.2 Å². The molecule has 0 heterocycles. The maximum Gasteiger partial charge on any atom is 0.220 e. The van der Waals surface area contributed by atoms with E-state index >= 15 is 0 Å². The lowest BCUT2D eigenvalue weighted by atomic mass is 10.1. The Hall–Kier alpha value is -2.54. The zero-order valence-corrected chi connectivity index (χ0v) is 14.8. The first-order valence-corrected chi connectivity index (χ1v) is 8.51. The van der Waals surface area contributed by atoms with Crippen LogP contribution in [0.3, 0.4) is 0 Å². The highest BCUT2D eigenvalue weighted by Crippen LogP contribution is 2.36. The average Bonchev–Trinajstić information content (AvgIpc) is 2.59. The molecule has 2 aromatic carbocycles. The van der Waals surface area contributed by atoms with Crippen LogP contribution in [0.1, 0.15) is 23.3 Å². The molecule has 1 unspecified atom stereocenters. The summed E-state index contributed by atoms with van der Waals surface area (Å²) in [7, 11) is 1.51. The summed E-state index contributed by atoms with van der Waals surface area (Å²) in [4.78, 5) is 21.8. The Kier molecular flexibility index (Phi) is 6.82. The Labute approximate surface area is 150 Å². The van der Waals surface area contributed by atoms with Crippen LogP contribution in [-0.4, -0.2) is 23.7 Å². The third kappa shape index (κ3) is 5.79. The number of ether oxygens (including phenoxy) is 2. The summed E-state index contributed by atoms with van der Waals surface area (Å²) in [5.41, 5.74) is 1.67. The second-order valence-corrected chi connectivity index (χ2v) is 6.68. The average molecular weight is 361 g/mol. The van der Waals surface area contributed by atoms with Gasteiger partial charge >= 0.3 is 0 Å². The van der Waals surface area contributed by atoms with Crippen molar-refractivity contribution >= 4 is 16.9 Å². The lowest BCUT2D eigenvalue weighted by molar-refractivity contribution is -0.479. The number of benzene rings is 2. The first kappa shape index (κ1) is 18.8. The number of carbonyl (C=O) groups is 1. The van der Waals surface area contributed by atoms with Crippen molar-refractivity contribution in [3.63, 3.8) is 0 Å². The Morgan fingerprint density at radius 3 is 2.52 bits per heavy atom. The summed E-state index contributed by atoms with van der Waals surface area (Å²) in [5, 5.41) is 10.1. The van der Waals surface area contributed by atoms with Crippen LogP contribution in [0.2, 0.25) is 0 Å². The molecule has 2 aromatic rings. The molecular weight excluding hydrogens is 342 g/mol. The zero-order valence-electron chi connectivity index (χ0n) is 14.0. The van der Waals surface area contributed by atoms with Gasteiger partial charge in [-0.3, -0.25) is 14.9 Å². The van der Waals surface area contributed by atoms with Crippen molar-refractivity contribution in [3.05, 3.63) is 69.8 Å². The molecule has 0 amide bonds. The molecule has 0 aliphatic carbocycles. The molecule has 2 rings (SSSR count). The van der Waals surface area contributed by atoms with Crippen LogP contribution in [0.4, 0.5) is 0 Å². The highest BCUT2D eigenvalue weighted by Gasteiger charge is 2.22. The van der Waals surface area contributed by atoms with Gasteiger partial charge in [0.1, 0.15) is 11.9 Å². The summed E-state index contributed by atoms with van der Waals surface area (Å²) in [6.45, 7) is 1.45. The monoisotopic (exact) mass is 361 g/mol. The van der Waals surface area contributed by atoms with Crippen molar-refractivity contribution in [2.45, 2.75) is 18.8 Å². The van der Waals surface area contributed by atoms with Gasteiger partial charge in [0.2, 0.25) is 6.54 Å². The first-order chi connectivity index (χ1) is 12.0. The van der Waals surface area contributed by atoms with Gasteiger partial charge in [-0.2, -0.15) is 0 Å². The smallest absolute Gasteiger partial charge is 0.220 e. The molecule has 0 aliphatic heterocycles. The minimum atomic E-state index is -0.565. The van der Waals surface area contributed by atoms with Gasteiger partial charge in [-0.25, -0.2) is 0 Å². The predicted molar refractivity (Wildman–Crippen MR) is 96.6 cm³/mol. The van der Waals surface area contributed by atoms with E-state index in [1.54, 1.807) is 18.2 Å². The molecule has 25 heavy (non-hydrogen) atoms. The molecule has 0 aromatic heterocycles. The topological polar surface area (TPSA) is 78.7 Å². The van der Waals surface area contributed by atoms with E-state index in [4.69, 9.17) is 9.47 Å². The van der Waals surface area contributed by atoms with E-state index in [9.17, 15) is 14.9 Å². The summed E-state index contributed by atoms with van der Waals surface area (Å²) in [6, 6.07) is 14.8. The van der Waals surface area contributed by atoms with E-state index in [1.165, 1.54) is 14.0 Å². The van der Waals surface area contributed by atoms with E-state index in [-0.39, 0.29) is 11.7 Å². The maximum absolute atomic E-state index is 11.4. The second kappa shape index (κ2) is 9.08. The van der Waals surface area contributed by atoms with E-state index in [0.717, 1.165) is 17.3 Å². The van der Waals surface area contributed by atoms with Gasteiger partial charge in [0.05, 0.1) is 7.11 Å². The Morgan fingerprint density at radius 2 is 1.92 bits per heavy atom. The third-order valence-corrected chi connectivity index (χ3v) is 4.46. The first-order valence-electron chi connectivity index (χ1n) is 7.63. The number of nitrogens with zero attached hydrogens (tertiary/aromatic N) is 1. The fourth-order valence-electron chi connectivity index (χ4n) is 2.29. The van der Waals surface area contributed by atoms with Crippen molar-refractivity contribution in [1.29, 1.82) is 0 Å². The molecule has 0 N–H and O–H groups in total. The molecule has 0 saturated carbocycles. The summed E-state index contributed by atoms with van der Waals surface area (Å²) >= 11 is 0.939. The number of hydrogen-bond acceptors (Lipinski definition) is 6. The van der Waals surface area contributed by atoms with E-state index < -0.39 is 10.2 Å². The van der Waals surface area contributed by atoms with Crippen LogP contribution in [0, 0.1) is 10.1 Å². The highest BCUT2D eigenvalue weighted by atomic mass is 32.2. The van der Waals surface area contributed by atoms with Crippen LogP contribution < -0.4 is 9.47 Å². The molecule has 0 bridgehead atoms. The molecule has 0 spiro atoms. The van der Waals surface area contributed by atoms with Crippen molar-refractivity contribution in [2.75, 3.05) is 13.7 Å². The molecule has 132 valence electrons. The van der Waals surface area contributed by atoms with Crippen molar-refractivity contribution in [2.24, 2.45) is 0 Å².